The third-order valence-corrected chi connectivity index (χ3v) is 5.08. The average Bonchev–Trinajstić information content (AvgIpc) is 3.52. The molecule has 0 aromatic heterocycles. The second-order valence-corrected chi connectivity index (χ2v) is 6.91. The van der Waals surface area contributed by atoms with E-state index in [1.165, 1.54) is 13.2 Å². The number of fused-ring (bicyclic) bond motifs is 1. The van der Waals surface area contributed by atoms with Gasteiger partial charge in [-0.1, -0.05) is 12.1 Å². The number of hydrogen-bond donors (Lipinski definition) is 2. The Morgan fingerprint density at radius 1 is 1.14 bits per heavy atom. The number of methoxy groups -OCH3 is 1. The van der Waals surface area contributed by atoms with Crippen LogP contribution in [0.2, 0.25) is 0 Å². The summed E-state index contributed by atoms with van der Waals surface area (Å²) in [6.07, 6.45) is 0.786. The van der Waals surface area contributed by atoms with Crippen molar-refractivity contribution in [3.05, 3.63) is 53.1 Å². The van der Waals surface area contributed by atoms with Gasteiger partial charge in [0, 0.05) is 12.5 Å². The van der Waals surface area contributed by atoms with E-state index in [1.807, 2.05) is 18.2 Å². The number of carboxylic acids is 1. The third-order valence-electron chi connectivity index (χ3n) is 5.08. The van der Waals surface area contributed by atoms with Crippen molar-refractivity contribution >= 4 is 11.9 Å². The highest BCUT2D eigenvalue weighted by atomic mass is 16.6. The predicted octanol–water partition coefficient (Wildman–Crippen LogP) is 2.58. The van der Waals surface area contributed by atoms with Crippen molar-refractivity contribution in [2.75, 3.05) is 20.3 Å². The van der Waals surface area contributed by atoms with Crippen LogP contribution in [0.4, 0.5) is 0 Å². The Morgan fingerprint density at radius 3 is 2.68 bits per heavy atom. The first-order chi connectivity index (χ1) is 13.6. The lowest BCUT2D eigenvalue weighted by Gasteiger charge is -2.18. The van der Waals surface area contributed by atoms with E-state index in [0.29, 0.717) is 24.5 Å². The van der Waals surface area contributed by atoms with Crippen LogP contribution in [-0.4, -0.2) is 37.3 Å². The van der Waals surface area contributed by atoms with Crippen molar-refractivity contribution in [2.45, 2.75) is 18.9 Å². The first-order valence-corrected chi connectivity index (χ1v) is 9.14. The van der Waals surface area contributed by atoms with Gasteiger partial charge in [-0.2, -0.15) is 0 Å². The monoisotopic (exact) mass is 383 g/mol. The second-order valence-electron chi connectivity index (χ2n) is 6.91. The van der Waals surface area contributed by atoms with Gasteiger partial charge in [0.05, 0.1) is 7.11 Å². The molecule has 1 saturated carbocycles. The summed E-state index contributed by atoms with van der Waals surface area (Å²) < 4.78 is 16.2. The summed E-state index contributed by atoms with van der Waals surface area (Å²) in [6.45, 7) is 1.36. The fourth-order valence-electron chi connectivity index (χ4n) is 3.50. The average molecular weight is 383 g/mol. The van der Waals surface area contributed by atoms with Gasteiger partial charge in [0.25, 0.3) is 0 Å². The number of ether oxygens (including phenoxy) is 3. The smallest absolute Gasteiger partial charge is 0.339 e. The fourth-order valence-corrected chi connectivity index (χ4v) is 3.50. The van der Waals surface area contributed by atoms with Crippen LogP contribution in [-0.2, 0) is 11.3 Å². The molecule has 0 unspecified atom stereocenters. The number of nitrogens with one attached hydrogen (secondary N) is 1. The van der Waals surface area contributed by atoms with Crippen molar-refractivity contribution in [1.29, 1.82) is 0 Å². The van der Waals surface area contributed by atoms with Gasteiger partial charge in [-0.25, -0.2) is 4.79 Å². The molecule has 7 heteroatoms. The lowest BCUT2D eigenvalue weighted by Crippen LogP contribution is -2.25. The third kappa shape index (κ3) is 3.60. The first kappa shape index (κ1) is 18.2. The minimum absolute atomic E-state index is 0.0346. The predicted molar refractivity (Wildman–Crippen MR) is 100 cm³/mol. The molecular formula is C21H21NO6. The number of rotatable bonds is 6. The van der Waals surface area contributed by atoms with Crippen LogP contribution >= 0.6 is 0 Å². The highest BCUT2D eigenvalue weighted by Crippen LogP contribution is 2.49. The maximum atomic E-state index is 12.5. The molecule has 0 radical (unpaired) electrons. The summed E-state index contributed by atoms with van der Waals surface area (Å²) in [7, 11) is 1.42. The Labute approximate surface area is 162 Å². The van der Waals surface area contributed by atoms with Crippen LogP contribution in [0.25, 0.3) is 0 Å². The summed E-state index contributed by atoms with van der Waals surface area (Å²) in [4.78, 5) is 23.8. The van der Waals surface area contributed by atoms with E-state index in [9.17, 15) is 14.7 Å². The molecule has 2 aromatic rings. The Hall–Kier alpha value is -3.22. The van der Waals surface area contributed by atoms with Gasteiger partial charge in [0.2, 0.25) is 5.91 Å². The molecule has 1 amide bonds. The lowest BCUT2D eigenvalue weighted by molar-refractivity contribution is -0.122. The number of carbonyl (C=O) groups excluding carboxylic acids is 1. The first-order valence-electron chi connectivity index (χ1n) is 9.14. The molecule has 28 heavy (non-hydrogen) atoms. The largest absolute Gasteiger partial charge is 0.496 e. The summed E-state index contributed by atoms with van der Waals surface area (Å²) in [6, 6.07) is 10.7. The van der Waals surface area contributed by atoms with Crippen LogP contribution < -0.4 is 19.5 Å². The van der Waals surface area contributed by atoms with Gasteiger partial charge >= 0.3 is 5.97 Å². The van der Waals surface area contributed by atoms with Gasteiger partial charge in [-0.05, 0) is 47.7 Å². The molecule has 146 valence electrons. The van der Waals surface area contributed by atoms with E-state index in [-0.39, 0.29) is 29.9 Å². The Balaban J connectivity index is 1.37. The van der Waals surface area contributed by atoms with Crippen molar-refractivity contribution < 1.29 is 28.9 Å². The quantitative estimate of drug-likeness (QED) is 0.796. The Bertz CT molecular complexity index is 925. The SMILES string of the molecule is COc1ccc(CNC(=O)[C@@H]2C[C@H]2c2ccc3c(c2)OCCO3)cc1C(=O)O. The van der Waals surface area contributed by atoms with Gasteiger partial charge in [0.1, 0.15) is 24.5 Å². The normalized spacial score (nSPS) is 19.6. The van der Waals surface area contributed by atoms with Crippen molar-refractivity contribution in [1.82, 2.24) is 5.32 Å². The van der Waals surface area contributed by atoms with Crippen molar-refractivity contribution in [3.8, 4) is 17.2 Å². The molecule has 1 aliphatic heterocycles. The van der Waals surface area contributed by atoms with Crippen LogP contribution in [0.5, 0.6) is 17.2 Å². The van der Waals surface area contributed by atoms with E-state index in [4.69, 9.17) is 14.2 Å². The zero-order chi connectivity index (χ0) is 19.7. The van der Waals surface area contributed by atoms with Gasteiger partial charge < -0.3 is 24.6 Å². The second kappa shape index (κ2) is 7.42. The number of carboxylic acid groups (broad SMARTS) is 1. The van der Waals surface area contributed by atoms with E-state index in [1.54, 1.807) is 12.1 Å². The van der Waals surface area contributed by atoms with Gasteiger partial charge in [0.15, 0.2) is 11.5 Å². The van der Waals surface area contributed by atoms with E-state index < -0.39 is 5.97 Å². The number of aromatic carboxylic acids is 1. The molecule has 0 bridgehead atoms. The van der Waals surface area contributed by atoms with Crippen LogP contribution in [0, 0.1) is 5.92 Å². The number of amides is 1. The minimum atomic E-state index is -1.06. The molecule has 2 aromatic carbocycles. The molecule has 0 saturated heterocycles. The minimum Gasteiger partial charge on any atom is -0.496 e. The molecule has 2 N–H and O–H groups in total. The molecular weight excluding hydrogens is 362 g/mol. The summed E-state index contributed by atoms with van der Waals surface area (Å²) >= 11 is 0. The summed E-state index contributed by atoms with van der Waals surface area (Å²) in [5.41, 5.74) is 1.86. The van der Waals surface area contributed by atoms with Crippen molar-refractivity contribution in [2.24, 2.45) is 5.92 Å². The maximum Gasteiger partial charge on any atom is 0.339 e. The van der Waals surface area contributed by atoms with E-state index in [2.05, 4.69) is 5.32 Å². The molecule has 1 aliphatic carbocycles. The summed E-state index contributed by atoms with van der Waals surface area (Å²) in [5.74, 6) is 0.752. The molecule has 1 heterocycles. The number of hydrogen-bond acceptors (Lipinski definition) is 5. The fraction of sp³-hybridized carbons (Fsp3) is 0.333. The topological polar surface area (TPSA) is 94.1 Å². The number of carbonyl (C=O) groups is 2. The highest BCUT2D eigenvalue weighted by molar-refractivity contribution is 5.91. The lowest BCUT2D eigenvalue weighted by atomic mass is 10.1. The Morgan fingerprint density at radius 2 is 1.93 bits per heavy atom. The maximum absolute atomic E-state index is 12.5. The molecule has 7 nitrogen and oxygen atoms in total. The zero-order valence-electron chi connectivity index (χ0n) is 15.4. The van der Waals surface area contributed by atoms with Gasteiger partial charge in [-0.15, -0.1) is 0 Å². The van der Waals surface area contributed by atoms with Gasteiger partial charge in [-0.3, -0.25) is 4.79 Å². The number of benzene rings is 2. The molecule has 1 fully saturated rings. The van der Waals surface area contributed by atoms with Crippen LogP contribution in [0.1, 0.15) is 33.8 Å². The zero-order valence-corrected chi connectivity index (χ0v) is 15.4. The van der Waals surface area contributed by atoms with E-state index >= 15 is 0 Å². The molecule has 2 aliphatic rings. The molecule has 4 rings (SSSR count). The molecule has 0 spiro atoms. The van der Waals surface area contributed by atoms with Crippen LogP contribution in [0.3, 0.4) is 0 Å². The standard InChI is InChI=1S/C21H21NO6/c1-26-17-4-2-12(8-16(17)21(24)25)11-22-20(23)15-10-14(15)13-3-5-18-19(9-13)28-7-6-27-18/h2-5,8-9,14-15H,6-7,10-11H2,1H3,(H,22,23)(H,24,25)/t14-,15+/m0/s1. The highest BCUT2D eigenvalue weighted by Gasteiger charge is 2.44. The van der Waals surface area contributed by atoms with Crippen LogP contribution in [0.15, 0.2) is 36.4 Å². The van der Waals surface area contributed by atoms with E-state index in [0.717, 1.165) is 23.5 Å². The summed E-state index contributed by atoms with van der Waals surface area (Å²) in [5, 5.41) is 12.2. The Kier molecular flexibility index (Phi) is 4.81. The molecule has 2 atom stereocenters. The van der Waals surface area contributed by atoms with Crippen molar-refractivity contribution in [3.63, 3.8) is 0 Å².